The molecule has 3 aromatic carbocycles. The summed E-state index contributed by atoms with van der Waals surface area (Å²) in [5.74, 6) is 3.73. The third-order valence-electron chi connectivity index (χ3n) is 15.8. The maximum absolute atomic E-state index is 11.3. The van der Waals surface area contributed by atoms with Crippen LogP contribution < -0.4 is 37.7 Å². The van der Waals surface area contributed by atoms with Gasteiger partial charge in [0, 0.05) is 60.6 Å². The summed E-state index contributed by atoms with van der Waals surface area (Å²) in [5, 5.41) is 42.5. The van der Waals surface area contributed by atoms with E-state index in [0.29, 0.717) is 60.7 Å². The molecule has 0 fully saturated rings. The minimum absolute atomic E-state index is 0.110. The summed E-state index contributed by atoms with van der Waals surface area (Å²) in [4.78, 5) is 98.5. The van der Waals surface area contributed by atoms with E-state index in [-0.39, 0.29) is 42.8 Å². The van der Waals surface area contributed by atoms with Crippen molar-refractivity contribution >= 4 is 107 Å². The van der Waals surface area contributed by atoms with Gasteiger partial charge in [0.25, 0.3) is 0 Å². The number of unbranched alkanes of at least 4 members (excludes halogenated alkanes) is 3. The summed E-state index contributed by atoms with van der Waals surface area (Å²) < 4.78 is 0. The second kappa shape index (κ2) is 32.9. The molecule has 3 amide bonds. The predicted molar refractivity (Wildman–Crippen MR) is 357 cm³/mol. The Balaban J connectivity index is 0.000000154. The van der Waals surface area contributed by atoms with Crippen molar-refractivity contribution in [3.63, 3.8) is 0 Å². The van der Waals surface area contributed by atoms with Crippen LogP contribution in [0.3, 0.4) is 0 Å². The number of imidazole rings is 3. The highest BCUT2D eigenvalue weighted by atomic mass is 16.5. The lowest BCUT2D eigenvalue weighted by atomic mass is 10.1. The van der Waals surface area contributed by atoms with E-state index in [1.165, 1.54) is 0 Å². The largest absolute Gasteiger partial charge is 0.369 e. The Bertz CT molecular complexity index is 4300. The van der Waals surface area contributed by atoms with E-state index in [9.17, 15) is 14.4 Å². The molecule has 3 atom stereocenters. The fourth-order valence-electron chi connectivity index (χ4n) is 10.8. The number of anilines is 4. The van der Waals surface area contributed by atoms with Crippen molar-refractivity contribution in [2.75, 3.05) is 27.8 Å². The number of amides is 3. The summed E-state index contributed by atoms with van der Waals surface area (Å²) in [7, 11) is 0. The smallest absolute Gasteiger partial charge is 0.243 e. The van der Waals surface area contributed by atoms with Crippen LogP contribution in [0.2, 0.25) is 0 Å². The first kappa shape index (κ1) is 66.0. The lowest BCUT2D eigenvalue weighted by Gasteiger charge is -2.18. The molecule has 0 bridgehead atoms. The molecule has 0 saturated heterocycles. The number of H-pyrrole nitrogens is 3. The summed E-state index contributed by atoms with van der Waals surface area (Å²) in [5.41, 5.74) is 14.7. The predicted octanol–water partition coefficient (Wildman–Crippen LogP) is 10.9. The van der Waals surface area contributed by atoms with Crippen LogP contribution in [0.15, 0.2) is 129 Å². The van der Waals surface area contributed by atoms with Crippen LogP contribution in [0.5, 0.6) is 0 Å². The number of fused-ring (bicyclic) bond motifs is 6. The molecule has 0 radical (unpaired) electrons. The molecule has 28 heteroatoms. The second-order valence-corrected chi connectivity index (χ2v) is 22.1. The standard InChI is InChI=1S/C23H27N7O2.C22H25N7O2.C21H24N8O2/c1-2-16(27-23-21-19(12-13-24-23)25-14-26-21)22-28-17(9-4-3-5-11-20(31)30-32)15-8-6-7-10-18(15)29-22;1-2-15(26-22-20-18(11-12-23-22)24-13-25-20)21-27-16-8-4-3-7-14(16)17(28-21)9-5-6-10-19(30)29-31;1-2-14(26-21-18-16(9-11-23-21)24-12-25-18)20-27-15-7-4-3-6-13(15)19(28-20)22-10-5-8-17(30)29-31/h6-8,10,12-14,16,32H,2-5,9,11H2,1H3,(H,24,27)(H,25,26)(H,30,31);3-4,7-8,11-13,15,31H,2,5-6,9-10H2,1H3,(H,23,26)(H,24,25)(H,29,30);3-4,6-7,9,11-12,14,31H,2,5,8,10H2,1H3,(H,23,26)(H,24,25)(H,29,30)(H,22,27,28)/t16-;15-;14-/m000/s1. The van der Waals surface area contributed by atoms with Gasteiger partial charge in [-0.05, 0) is 107 Å². The number of aromatic amines is 3. The molecule has 0 aliphatic heterocycles. The molecule has 94 heavy (non-hydrogen) atoms. The molecular formula is C66H76N22O6. The fraction of sp³-hybridized carbons (Fsp3) is 0.318. The van der Waals surface area contributed by atoms with Gasteiger partial charge in [0.1, 0.15) is 22.4 Å². The molecule has 0 unspecified atom stereocenters. The van der Waals surface area contributed by atoms with Gasteiger partial charge in [0.05, 0.1) is 81.6 Å². The molecular weight excluding hydrogens is 1200 g/mol. The van der Waals surface area contributed by atoms with Crippen molar-refractivity contribution in [3.8, 4) is 0 Å². The van der Waals surface area contributed by atoms with Crippen molar-refractivity contribution < 1.29 is 30.0 Å². The first-order valence-corrected chi connectivity index (χ1v) is 31.5. The minimum Gasteiger partial charge on any atom is -0.369 e. The molecule has 0 saturated carbocycles. The van der Waals surface area contributed by atoms with Crippen LogP contribution in [0.1, 0.15) is 145 Å². The van der Waals surface area contributed by atoms with Gasteiger partial charge >= 0.3 is 0 Å². The first-order valence-electron chi connectivity index (χ1n) is 31.5. The number of aryl methyl sites for hydroxylation is 2. The molecule has 13 N–H and O–H groups in total. The Kier molecular flexibility index (Phi) is 23.1. The molecule has 12 aromatic rings. The number of carbonyl (C=O) groups excluding carboxylic acids is 3. The number of nitrogens with zero attached hydrogens (tertiary/aromatic N) is 12. The number of hydroxylamine groups is 3. The van der Waals surface area contributed by atoms with Crippen molar-refractivity contribution in [3.05, 3.63) is 157 Å². The maximum Gasteiger partial charge on any atom is 0.243 e. The zero-order valence-electron chi connectivity index (χ0n) is 52.4. The number of pyridine rings is 3. The zero-order valence-corrected chi connectivity index (χ0v) is 52.4. The topological polar surface area (TPSA) is 398 Å². The number of carbonyl (C=O) groups is 3. The van der Waals surface area contributed by atoms with Crippen LogP contribution in [-0.2, 0) is 27.2 Å². The molecule has 12 rings (SSSR count). The molecule has 0 aliphatic carbocycles. The minimum atomic E-state index is -0.412. The lowest BCUT2D eigenvalue weighted by molar-refractivity contribution is -0.130. The van der Waals surface area contributed by atoms with E-state index in [1.54, 1.807) is 54.0 Å². The second-order valence-electron chi connectivity index (χ2n) is 22.1. The average molecular weight is 1270 g/mol. The van der Waals surface area contributed by atoms with Gasteiger partial charge < -0.3 is 36.2 Å². The molecule has 0 spiro atoms. The maximum atomic E-state index is 11.3. The highest BCUT2D eigenvalue weighted by Gasteiger charge is 2.22. The van der Waals surface area contributed by atoms with E-state index in [1.807, 2.05) is 91.0 Å². The first-order chi connectivity index (χ1) is 46.1. The third-order valence-corrected chi connectivity index (χ3v) is 15.8. The number of rotatable bonds is 28. The van der Waals surface area contributed by atoms with Gasteiger partial charge in [0.15, 0.2) is 34.9 Å². The van der Waals surface area contributed by atoms with Gasteiger partial charge in [-0.15, -0.1) is 0 Å². The van der Waals surface area contributed by atoms with Gasteiger partial charge in [0.2, 0.25) is 17.7 Å². The summed E-state index contributed by atoms with van der Waals surface area (Å²) in [6, 6.07) is 29.0. The number of para-hydroxylation sites is 3. The van der Waals surface area contributed by atoms with Crippen molar-refractivity contribution in [2.24, 2.45) is 0 Å². The average Bonchev–Trinajstić information content (AvgIpc) is 0.972. The highest BCUT2D eigenvalue weighted by molar-refractivity contribution is 5.90. The lowest BCUT2D eigenvalue weighted by Crippen LogP contribution is -2.19. The number of hydrogen-bond acceptors (Lipinski definition) is 22. The van der Waals surface area contributed by atoms with Crippen molar-refractivity contribution in [1.82, 2.24) is 91.2 Å². The molecule has 0 aliphatic rings. The molecule has 28 nitrogen and oxygen atoms in total. The van der Waals surface area contributed by atoms with E-state index in [2.05, 4.69) is 86.9 Å². The zero-order chi connectivity index (χ0) is 65.6. The Hall–Kier alpha value is -11.0. The Morgan fingerprint density at radius 2 is 0.766 bits per heavy atom. The SMILES string of the molecule is CC[C@H](Nc1nccc2[nH]cnc12)c1nc(CCCCC(=O)NO)c2ccccc2n1.CC[C@H](Nc1nccc2[nH]cnc12)c1nc(CCCCCC(=O)NO)c2ccccc2n1.CC[C@H](Nc1nccc2[nH]cnc12)c1nc(NCCCC(=O)NO)c2ccccc2n1. The Morgan fingerprint density at radius 3 is 1.18 bits per heavy atom. The summed E-state index contributed by atoms with van der Waals surface area (Å²) in [6.07, 6.45) is 19.3. The van der Waals surface area contributed by atoms with Crippen LogP contribution in [0.25, 0.3) is 65.8 Å². The van der Waals surface area contributed by atoms with Crippen LogP contribution in [0.4, 0.5) is 23.3 Å². The number of hydrogen-bond donors (Lipinski definition) is 13. The van der Waals surface area contributed by atoms with E-state index in [0.717, 1.165) is 141 Å². The van der Waals surface area contributed by atoms with E-state index in [4.69, 9.17) is 45.5 Å². The van der Waals surface area contributed by atoms with Crippen LogP contribution in [-0.4, -0.2) is 115 Å². The Labute approximate surface area is 539 Å². The monoisotopic (exact) mass is 1270 g/mol. The normalized spacial score (nSPS) is 12.1. The van der Waals surface area contributed by atoms with Crippen molar-refractivity contribution in [1.29, 1.82) is 0 Å². The molecule has 486 valence electrons. The summed E-state index contributed by atoms with van der Waals surface area (Å²) >= 11 is 0. The van der Waals surface area contributed by atoms with Crippen LogP contribution >= 0.6 is 0 Å². The third kappa shape index (κ3) is 16.7. The molecule has 9 aromatic heterocycles. The quantitative estimate of drug-likeness (QED) is 0.0123. The van der Waals surface area contributed by atoms with Crippen molar-refractivity contribution in [2.45, 2.75) is 129 Å². The molecule has 9 heterocycles. The van der Waals surface area contributed by atoms with Gasteiger partial charge in [-0.25, -0.2) is 76.2 Å². The summed E-state index contributed by atoms with van der Waals surface area (Å²) in [6.45, 7) is 6.76. The Morgan fingerprint density at radius 1 is 0.404 bits per heavy atom. The van der Waals surface area contributed by atoms with Gasteiger partial charge in [-0.1, -0.05) is 75.7 Å². The fourth-order valence-corrected chi connectivity index (χ4v) is 10.8. The number of aromatic nitrogens is 15. The van der Waals surface area contributed by atoms with Gasteiger partial charge in [-0.3, -0.25) is 30.0 Å². The van der Waals surface area contributed by atoms with Crippen LogP contribution in [0, 0.1) is 0 Å². The highest BCUT2D eigenvalue weighted by Crippen LogP contribution is 2.31. The number of benzene rings is 3. The number of nitrogens with one attached hydrogen (secondary N) is 10. The van der Waals surface area contributed by atoms with E-state index >= 15 is 0 Å². The van der Waals surface area contributed by atoms with Gasteiger partial charge in [-0.2, -0.15) is 0 Å². The van der Waals surface area contributed by atoms with E-state index < -0.39 is 5.91 Å².